The van der Waals surface area contributed by atoms with Crippen LogP contribution in [0.4, 0.5) is 5.69 Å². The number of nitrogens with zero attached hydrogens (tertiary/aromatic N) is 2. The summed E-state index contributed by atoms with van der Waals surface area (Å²) in [5, 5.41) is 0. The lowest BCUT2D eigenvalue weighted by molar-refractivity contribution is -0.122. The predicted molar refractivity (Wildman–Crippen MR) is 110 cm³/mol. The number of likely N-dealkylation sites (tertiary alicyclic amines) is 1. The molecule has 2 aromatic carbocycles. The Morgan fingerprint density at radius 2 is 2.00 bits per heavy atom. The van der Waals surface area contributed by atoms with Gasteiger partial charge in [-0.3, -0.25) is 9.69 Å². The van der Waals surface area contributed by atoms with Crippen molar-refractivity contribution in [2.24, 2.45) is 0 Å². The van der Waals surface area contributed by atoms with Gasteiger partial charge in [0.2, 0.25) is 5.91 Å². The van der Waals surface area contributed by atoms with E-state index in [2.05, 4.69) is 35.9 Å². The van der Waals surface area contributed by atoms with E-state index in [0.29, 0.717) is 6.61 Å². The van der Waals surface area contributed by atoms with Gasteiger partial charge in [0.15, 0.2) is 0 Å². The van der Waals surface area contributed by atoms with Gasteiger partial charge in [-0.15, -0.1) is 11.8 Å². The summed E-state index contributed by atoms with van der Waals surface area (Å²) in [5.74, 6) is 1.09. The van der Waals surface area contributed by atoms with Gasteiger partial charge in [0.25, 0.3) is 0 Å². The summed E-state index contributed by atoms with van der Waals surface area (Å²) in [6.07, 6.45) is 4.71. The van der Waals surface area contributed by atoms with Crippen LogP contribution in [0.1, 0.15) is 12.0 Å². The highest BCUT2D eigenvalue weighted by Gasteiger charge is 2.50. The lowest BCUT2D eigenvalue weighted by Gasteiger charge is -2.34. The smallest absolute Gasteiger partial charge is 0.244 e. The van der Waals surface area contributed by atoms with Crippen molar-refractivity contribution in [3.63, 3.8) is 0 Å². The minimum absolute atomic E-state index is 0.0441. The number of carbonyl (C=O) groups is 1. The summed E-state index contributed by atoms with van der Waals surface area (Å²) in [6.45, 7) is 5.83. The zero-order valence-corrected chi connectivity index (χ0v) is 16.3. The van der Waals surface area contributed by atoms with Crippen molar-refractivity contribution in [1.82, 2.24) is 4.90 Å². The van der Waals surface area contributed by atoms with E-state index < -0.39 is 0 Å². The second-order valence-corrected chi connectivity index (χ2v) is 7.77. The predicted octanol–water partition coefficient (Wildman–Crippen LogP) is 3.96. The molecule has 0 unspecified atom stereocenters. The molecule has 27 heavy (non-hydrogen) atoms. The van der Waals surface area contributed by atoms with Gasteiger partial charge in [0.05, 0.1) is 17.8 Å². The Labute approximate surface area is 164 Å². The lowest BCUT2D eigenvalue weighted by Crippen LogP contribution is -2.50. The third-order valence-corrected chi connectivity index (χ3v) is 6.10. The Morgan fingerprint density at radius 1 is 1.22 bits per heavy atom. The van der Waals surface area contributed by atoms with Crippen LogP contribution in [0.3, 0.4) is 0 Å². The molecule has 0 saturated carbocycles. The second-order valence-electron chi connectivity index (χ2n) is 6.92. The third kappa shape index (κ3) is 3.37. The number of piperazine rings is 1. The molecule has 0 N–H and O–H groups in total. The van der Waals surface area contributed by atoms with E-state index in [1.54, 1.807) is 17.8 Å². The van der Waals surface area contributed by atoms with Crippen molar-refractivity contribution in [3.05, 3.63) is 66.7 Å². The first kappa shape index (κ1) is 18.1. The third-order valence-electron chi connectivity index (χ3n) is 5.32. The average molecular weight is 381 g/mol. The van der Waals surface area contributed by atoms with Crippen molar-refractivity contribution < 1.29 is 9.53 Å². The Morgan fingerprint density at radius 3 is 2.78 bits per heavy atom. The van der Waals surface area contributed by atoms with Crippen LogP contribution >= 0.6 is 11.8 Å². The number of anilines is 1. The molecule has 0 spiro atoms. The molecule has 2 bridgehead atoms. The maximum absolute atomic E-state index is 13.1. The Balaban J connectivity index is 1.52. The molecule has 2 saturated heterocycles. The fraction of sp³-hybridized carbons (Fsp3) is 0.318. The quantitative estimate of drug-likeness (QED) is 0.538. The minimum atomic E-state index is -0.0441. The largest absolute Gasteiger partial charge is 0.489 e. The molecule has 140 valence electrons. The first-order chi connectivity index (χ1) is 13.2. The monoisotopic (exact) mass is 380 g/mol. The summed E-state index contributed by atoms with van der Waals surface area (Å²) in [6, 6.07) is 16.5. The molecule has 2 aliphatic rings. The van der Waals surface area contributed by atoms with E-state index in [1.807, 2.05) is 35.2 Å². The molecule has 2 fully saturated rings. The normalized spacial score (nSPS) is 21.7. The maximum Gasteiger partial charge on any atom is 0.244 e. The molecule has 2 heterocycles. The van der Waals surface area contributed by atoms with E-state index in [9.17, 15) is 4.79 Å². The number of ether oxygens (including phenoxy) is 1. The SMILES string of the molecule is C=CCOc1ccccc1CN1C[C@@H]2C[C@H]1C(=O)N2c1ccccc1SC. The van der Waals surface area contributed by atoms with Crippen molar-refractivity contribution in [2.45, 2.75) is 29.9 Å². The fourth-order valence-electron chi connectivity index (χ4n) is 4.13. The van der Waals surface area contributed by atoms with Gasteiger partial charge in [-0.05, 0) is 30.9 Å². The molecule has 2 aliphatic heterocycles. The lowest BCUT2D eigenvalue weighted by atomic mass is 10.1. The van der Waals surface area contributed by atoms with Crippen LogP contribution in [0.5, 0.6) is 5.75 Å². The summed E-state index contributed by atoms with van der Waals surface area (Å²) >= 11 is 1.69. The summed E-state index contributed by atoms with van der Waals surface area (Å²) in [4.78, 5) is 18.6. The number of hydrogen-bond donors (Lipinski definition) is 0. The number of benzene rings is 2. The summed E-state index contributed by atoms with van der Waals surface area (Å²) < 4.78 is 5.78. The molecule has 1 amide bonds. The van der Waals surface area contributed by atoms with E-state index >= 15 is 0 Å². The van der Waals surface area contributed by atoms with Crippen LogP contribution in [0.2, 0.25) is 0 Å². The van der Waals surface area contributed by atoms with E-state index in [4.69, 9.17) is 4.74 Å². The Bertz CT molecular complexity index is 854. The number of amides is 1. The van der Waals surface area contributed by atoms with E-state index in [-0.39, 0.29) is 18.0 Å². The fourth-order valence-corrected chi connectivity index (χ4v) is 4.72. The van der Waals surface area contributed by atoms with Crippen LogP contribution in [-0.2, 0) is 11.3 Å². The minimum Gasteiger partial charge on any atom is -0.489 e. The van der Waals surface area contributed by atoms with Crippen LogP contribution in [0, 0.1) is 0 Å². The van der Waals surface area contributed by atoms with Crippen LogP contribution in [0.25, 0.3) is 0 Å². The molecular formula is C22H24N2O2S. The number of para-hydroxylation sites is 2. The highest BCUT2D eigenvalue weighted by atomic mass is 32.2. The van der Waals surface area contributed by atoms with Crippen LogP contribution in [-0.4, -0.2) is 42.3 Å². The zero-order valence-electron chi connectivity index (χ0n) is 15.5. The average Bonchev–Trinajstić information content (AvgIpc) is 3.24. The standard InChI is InChI=1S/C22H24N2O2S/c1-3-12-26-20-10-6-4-8-16(20)14-23-15-17-13-19(23)22(25)24(17)18-9-5-7-11-21(18)27-2/h3-11,17,19H,1,12-15H2,2H3/t17-,19-/m0/s1. The van der Waals surface area contributed by atoms with Gasteiger partial charge in [-0.1, -0.05) is 43.0 Å². The number of hydrogen-bond acceptors (Lipinski definition) is 4. The van der Waals surface area contributed by atoms with Gasteiger partial charge in [-0.2, -0.15) is 0 Å². The Hall–Kier alpha value is -2.24. The van der Waals surface area contributed by atoms with Crippen LogP contribution in [0.15, 0.2) is 66.1 Å². The summed E-state index contributed by atoms with van der Waals surface area (Å²) in [7, 11) is 0. The molecule has 0 radical (unpaired) electrons. The zero-order chi connectivity index (χ0) is 18.8. The highest BCUT2D eigenvalue weighted by molar-refractivity contribution is 7.98. The Kier molecular flexibility index (Phi) is 5.23. The van der Waals surface area contributed by atoms with Gasteiger partial charge in [0, 0.05) is 23.5 Å². The highest BCUT2D eigenvalue weighted by Crippen LogP contribution is 2.40. The van der Waals surface area contributed by atoms with E-state index in [0.717, 1.165) is 41.4 Å². The topological polar surface area (TPSA) is 32.8 Å². The van der Waals surface area contributed by atoms with E-state index in [1.165, 1.54) is 0 Å². The summed E-state index contributed by atoms with van der Waals surface area (Å²) in [5.41, 5.74) is 2.17. The number of thioether (sulfide) groups is 1. The van der Waals surface area contributed by atoms with Gasteiger partial charge in [0.1, 0.15) is 12.4 Å². The maximum atomic E-state index is 13.1. The molecular weight excluding hydrogens is 356 g/mol. The van der Waals surface area contributed by atoms with Crippen molar-refractivity contribution in [3.8, 4) is 5.75 Å². The molecule has 4 nitrogen and oxygen atoms in total. The first-order valence-electron chi connectivity index (χ1n) is 9.24. The van der Waals surface area contributed by atoms with Gasteiger partial charge >= 0.3 is 0 Å². The van der Waals surface area contributed by atoms with Crippen LogP contribution < -0.4 is 9.64 Å². The molecule has 0 aromatic heterocycles. The molecule has 4 rings (SSSR count). The van der Waals surface area contributed by atoms with Crippen molar-refractivity contribution >= 4 is 23.4 Å². The molecule has 2 aromatic rings. The number of rotatable bonds is 7. The molecule has 0 aliphatic carbocycles. The van der Waals surface area contributed by atoms with Gasteiger partial charge in [-0.25, -0.2) is 0 Å². The second kappa shape index (κ2) is 7.79. The first-order valence-corrected chi connectivity index (χ1v) is 10.5. The number of carbonyl (C=O) groups excluding carboxylic acids is 1. The van der Waals surface area contributed by atoms with Crippen molar-refractivity contribution in [1.29, 1.82) is 0 Å². The van der Waals surface area contributed by atoms with Crippen molar-refractivity contribution in [2.75, 3.05) is 24.3 Å². The molecule has 5 heteroatoms. The number of fused-ring (bicyclic) bond motifs is 2. The molecule has 2 atom stereocenters. The van der Waals surface area contributed by atoms with Gasteiger partial charge < -0.3 is 9.64 Å².